The Labute approximate surface area is 316 Å². The van der Waals surface area contributed by atoms with Crippen molar-refractivity contribution in [3.05, 3.63) is 59.7 Å². The van der Waals surface area contributed by atoms with Crippen LogP contribution < -0.4 is 21.7 Å². The number of carbonyl (C=O) groups excluding carboxylic acids is 3. The summed E-state index contributed by atoms with van der Waals surface area (Å²) in [7, 11) is 0. The summed E-state index contributed by atoms with van der Waals surface area (Å²) in [5.74, 6) is -0.636. The standard InChI is InChI=1S/C20H31N3O3.C13H20N2O2.C7H13NO2/c1-20(2,3)26-19(25)21-12-10-16-6-8-17(9-7-16)22-18(24)11-15-23-13-4-5-14-23;1-13(2,3)17-12(16)15-9-8-10-4-6-11(14)7-5-10;9-7(10)3-6-8-4-1-2-5-8/h6-9H,4-5,10-15H2,1-3H3,(H,21,25)(H,22,24);4-7H,8-9,14H2,1-3H3,(H,15,16);1-6H2,(H,9,10). The van der Waals surface area contributed by atoms with Crippen LogP contribution in [0.2, 0.25) is 0 Å². The fourth-order valence-electron chi connectivity index (χ4n) is 5.43. The van der Waals surface area contributed by atoms with Crippen molar-refractivity contribution in [3.8, 4) is 0 Å². The van der Waals surface area contributed by atoms with Crippen LogP contribution >= 0.6 is 0 Å². The summed E-state index contributed by atoms with van der Waals surface area (Å²) in [4.78, 5) is 49.6. The van der Waals surface area contributed by atoms with E-state index in [1.807, 2.05) is 90.1 Å². The van der Waals surface area contributed by atoms with Gasteiger partial charge in [0.25, 0.3) is 0 Å². The predicted molar refractivity (Wildman–Crippen MR) is 210 cm³/mol. The zero-order valence-corrected chi connectivity index (χ0v) is 32.8. The van der Waals surface area contributed by atoms with E-state index >= 15 is 0 Å². The van der Waals surface area contributed by atoms with Crippen LogP contribution in [0.1, 0.15) is 91.2 Å². The van der Waals surface area contributed by atoms with Crippen LogP contribution in [-0.2, 0) is 31.9 Å². The molecule has 2 fully saturated rings. The highest BCUT2D eigenvalue weighted by atomic mass is 16.6. The van der Waals surface area contributed by atoms with Crippen molar-refractivity contribution in [3.63, 3.8) is 0 Å². The number of nitrogen functional groups attached to an aromatic ring is 1. The maximum Gasteiger partial charge on any atom is 0.407 e. The Morgan fingerprint density at radius 2 is 1.06 bits per heavy atom. The van der Waals surface area contributed by atoms with Gasteiger partial charge in [-0.05, 0) is 142 Å². The number of alkyl carbamates (subject to hydrolysis) is 2. The third kappa shape index (κ3) is 23.0. The number of nitrogens with one attached hydrogen (secondary N) is 3. The number of amides is 3. The molecule has 0 atom stereocenters. The first-order valence-electron chi connectivity index (χ1n) is 18.8. The quantitative estimate of drug-likeness (QED) is 0.152. The summed E-state index contributed by atoms with van der Waals surface area (Å²) in [6.45, 7) is 18.1. The average molecular weight is 741 g/mol. The molecule has 3 amide bonds. The van der Waals surface area contributed by atoms with Gasteiger partial charge in [0.1, 0.15) is 11.2 Å². The second-order valence-corrected chi connectivity index (χ2v) is 15.3. The number of rotatable bonds is 13. The van der Waals surface area contributed by atoms with E-state index in [1.165, 1.54) is 25.7 Å². The number of nitrogens with two attached hydrogens (primary N) is 1. The molecule has 2 aromatic rings. The van der Waals surface area contributed by atoms with Crippen LogP contribution in [0.4, 0.5) is 21.0 Å². The summed E-state index contributed by atoms with van der Waals surface area (Å²) in [6, 6.07) is 15.3. The van der Waals surface area contributed by atoms with Gasteiger partial charge in [-0.25, -0.2) is 9.59 Å². The van der Waals surface area contributed by atoms with Gasteiger partial charge in [0.15, 0.2) is 0 Å². The first-order chi connectivity index (χ1) is 25.0. The zero-order valence-electron chi connectivity index (χ0n) is 32.8. The molecule has 2 aliphatic rings. The van der Waals surface area contributed by atoms with Crippen molar-refractivity contribution >= 4 is 35.4 Å². The monoisotopic (exact) mass is 740 g/mol. The number of aliphatic carboxylic acids is 1. The molecule has 0 saturated carbocycles. The molecular weight excluding hydrogens is 676 g/mol. The van der Waals surface area contributed by atoms with Crippen molar-refractivity contribution in [2.24, 2.45) is 0 Å². The first-order valence-corrected chi connectivity index (χ1v) is 18.8. The number of ether oxygens (including phenoxy) is 2. The summed E-state index contributed by atoms with van der Waals surface area (Å²) >= 11 is 0. The zero-order chi connectivity index (χ0) is 39.3. The van der Waals surface area contributed by atoms with Crippen LogP contribution in [0.25, 0.3) is 0 Å². The van der Waals surface area contributed by atoms with Crippen molar-refractivity contribution in [1.29, 1.82) is 0 Å². The van der Waals surface area contributed by atoms with Crippen molar-refractivity contribution < 1.29 is 33.8 Å². The van der Waals surface area contributed by atoms with Gasteiger partial charge in [-0.1, -0.05) is 24.3 Å². The van der Waals surface area contributed by atoms with E-state index in [0.717, 1.165) is 68.2 Å². The molecule has 2 aliphatic heterocycles. The summed E-state index contributed by atoms with van der Waals surface area (Å²) in [6.07, 6.45) is 6.47. The molecule has 4 rings (SSSR count). The Bertz CT molecular complexity index is 1380. The van der Waals surface area contributed by atoms with Gasteiger partial charge in [0.2, 0.25) is 5.91 Å². The highest BCUT2D eigenvalue weighted by Crippen LogP contribution is 2.13. The molecule has 13 nitrogen and oxygen atoms in total. The Morgan fingerprint density at radius 1 is 0.660 bits per heavy atom. The average Bonchev–Trinajstić information content (AvgIpc) is 3.79. The lowest BCUT2D eigenvalue weighted by Gasteiger charge is -2.19. The van der Waals surface area contributed by atoms with Gasteiger partial charge >= 0.3 is 18.2 Å². The van der Waals surface area contributed by atoms with Gasteiger partial charge in [0, 0.05) is 44.0 Å². The molecule has 0 radical (unpaired) electrons. The summed E-state index contributed by atoms with van der Waals surface area (Å²) in [5, 5.41) is 16.7. The highest BCUT2D eigenvalue weighted by molar-refractivity contribution is 5.90. The third-order valence-corrected chi connectivity index (χ3v) is 8.08. The number of hydrogen-bond donors (Lipinski definition) is 5. The predicted octanol–water partition coefficient (Wildman–Crippen LogP) is 6.07. The number of anilines is 2. The van der Waals surface area contributed by atoms with Crippen LogP contribution in [0.3, 0.4) is 0 Å². The number of hydrogen-bond acceptors (Lipinski definition) is 9. The maximum atomic E-state index is 12.0. The van der Waals surface area contributed by atoms with Crippen molar-refractivity contribution in [1.82, 2.24) is 20.4 Å². The molecule has 0 aromatic heterocycles. The topological polar surface area (TPSA) is 176 Å². The normalized spacial score (nSPS) is 14.5. The van der Waals surface area contributed by atoms with E-state index < -0.39 is 23.3 Å². The highest BCUT2D eigenvalue weighted by Gasteiger charge is 2.17. The van der Waals surface area contributed by atoms with E-state index in [9.17, 15) is 19.2 Å². The van der Waals surface area contributed by atoms with E-state index in [-0.39, 0.29) is 12.0 Å². The van der Waals surface area contributed by atoms with Crippen LogP contribution in [0.15, 0.2) is 48.5 Å². The molecule has 0 aliphatic carbocycles. The molecule has 2 aromatic carbocycles. The van der Waals surface area contributed by atoms with E-state index in [1.54, 1.807) is 0 Å². The Kier molecular flexibility index (Phi) is 19.7. The van der Waals surface area contributed by atoms with Gasteiger partial charge in [-0.3, -0.25) is 9.59 Å². The summed E-state index contributed by atoms with van der Waals surface area (Å²) in [5.41, 5.74) is 8.42. The second kappa shape index (κ2) is 23.3. The third-order valence-electron chi connectivity index (χ3n) is 8.08. The fourth-order valence-corrected chi connectivity index (χ4v) is 5.43. The van der Waals surface area contributed by atoms with E-state index in [2.05, 4.69) is 25.8 Å². The Balaban J connectivity index is 0.000000307. The molecule has 13 heteroatoms. The minimum Gasteiger partial charge on any atom is -0.481 e. The lowest BCUT2D eigenvalue weighted by atomic mass is 10.1. The van der Waals surface area contributed by atoms with Crippen LogP contribution in [0, 0.1) is 0 Å². The Morgan fingerprint density at radius 3 is 1.45 bits per heavy atom. The van der Waals surface area contributed by atoms with Gasteiger partial charge < -0.3 is 46.1 Å². The van der Waals surface area contributed by atoms with Crippen molar-refractivity contribution in [2.45, 2.75) is 104 Å². The molecular formula is C40H64N6O7. The molecule has 6 N–H and O–H groups in total. The van der Waals surface area contributed by atoms with Crippen LogP contribution in [0.5, 0.6) is 0 Å². The maximum absolute atomic E-state index is 12.0. The molecule has 53 heavy (non-hydrogen) atoms. The lowest BCUT2D eigenvalue weighted by Crippen LogP contribution is -2.33. The molecule has 2 saturated heterocycles. The molecule has 0 bridgehead atoms. The minimum absolute atomic E-state index is 0.0521. The largest absolute Gasteiger partial charge is 0.481 e. The Hall–Kier alpha value is -4.36. The lowest BCUT2D eigenvalue weighted by molar-refractivity contribution is -0.137. The number of carboxylic acid groups (broad SMARTS) is 1. The van der Waals surface area contributed by atoms with Gasteiger partial charge in [0.05, 0.1) is 6.42 Å². The molecule has 0 unspecified atom stereocenters. The number of carboxylic acids is 1. The van der Waals surface area contributed by atoms with Gasteiger partial charge in [-0.2, -0.15) is 0 Å². The van der Waals surface area contributed by atoms with Crippen LogP contribution in [-0.4, -0.2) is 103 Å². The summed E-state index contributed by atoms with van der Waals surface area (Å²) < 4.78 is 10.3. The molecule has 296 valence electrons. The molecule has 0 spiro atoms. The number of nitrogens with zero attached hydrogens (tertiary/aromatic N) is 2. The minimum atomic E-state index is -0.688. The van der Waals surface area contributed by atoms with Gasteiger partial charge in [-0.15, -0.1) is 0 Å². The SMILES string of the molecule is CC(C)(C)OC(=O)NCCc1ccc(N)cc1.CC(C)(C)OC(=O)NCCc1ccc(NC(=O)CCN2CCCC2)cc1.O=C(O)CCN1CCCC1. The smallest absolute Gasteiger partial charge is 0.407 e. The fraction of sp³-hybridized carbons (Fsp3) is 0.600. The number of carbonyl (C=O) groups is 4. The van der Waals surface area contributed by atoms with E-state index in [4.69, 9.17) is 20.3 Å². The van der Waals surface area contributed by atoms with Crippen molar-refractivity contribution in [2.75, 3.05) is 63.4 Å². The second-order valence-electron chi connectivity index (χ2n) is 15.3. The number of likely N-dealkylation sites (tertiary alicyclic amines) is 2. The van der Waals surface area contributed by atoms with E-state index in [0.29, 0.717) is 32.4 Å². The molecule has 2 heterocycles. The first kappa shape index (κ1) is 44.8. The number of benzene rings is 2.